The van der Waals surface area contributed by atoms with Gasteiger partial charge in [-0.3, -0.25) is 4.79 Å². The van der Waals surface area contributed by atoms with Gasteiger partial charge in [0, 0.05) is 36.5 Å². The number of benzene rings is 1. The monoisotopic (exact) mass is 314 g/mol. The number of phenols is 1. The van der Waals surface area contributed by atoms with Crippen LogP contribution in [0.15, 0.2) is 12.1 Å². The van der Waals surface area contributed by atoms with E-state index < -0.39 is 0 Å². The number of fused-ring (bicyclic) bond motifs is 1. The molecule has 2 aliphatic rings. The molecule has 1 unspecified atom stereocenters. The molecule has 3 rings (SSSR count). The van der Waals surface area contributed by atoms with E-state index >= 15 is 0 Å². The molecule has 0 radical (unpaired) electrons. The predicted octanol–water partition coefficient (Wildman–Crippen LogP) is 2.50. The number of piperidine rings is 1. The number of nitrogens with two attached hydrogens (primary N) is 1. The first-order valence-electron chi connectivity index (χ1n) is 6.69. The largest absolute Gasteiger partial charge is 0.508 e. The van der Waals surface area contributed by atoms with Gasteiger partial charge in [0.15, 0.2) is 0 Å². The Morgan fingerprint density at radius 2 is 2.05 bits per heavy atom. The Morgan fingerprint density at radius 3 is 2.80 bits per heavy atom. The third-order valence-corrected chi connectivity index (χ3v) is 5.08. The first-order chi connectivity index (χ1) is 9.47. The van der Waals surface area contributed by atoms with Gasteiger partial charge in [-0.25, -0.2) is 0 Å². The van der Waals surface area contributed by atoms with Crippen molar-refractivity contribution in [3.05, 3.63) is 27.7 Å². The highest BCUT2D eigenvalue weighted by Gasteiger charge is 2.41. The van der Waals surface area contributed by atoms with E-state index in [1.807, 2.05) is 4.90 Å². The molecular weight excluding hydrogens is 299 g/mol. The number of halogens is 2. The molecule has 108 valence electrons. The van der Waals surface area contributed by atoms with Crippen LogP contribution < -0.4 is 5.73 Å². The number of aromatic hydroxyl groups is 1. The molecule has 2 aliphatic heterocycles. The number of amides is 1. The van der Waals surface area contributed by atoms with Gasteiger partial charge >= 0.3 is 0 Å². The molecule has 0 bridgehead atoms. The fourth-order valence-corrected chi connectivity index (χ4v) is 3.85. The topological polar surface area (TPSA) is 66.6 Å². The summed E-state index contributed by atoms with van der Waals surface area (Å²) < 4.78 is 0. The van der Waals surface area contributed by atoms with Gasteiger partial charge < -0.3 is 15.7 Å². The maximum atomic E-state index is 12.0. The van der Waals surface area contributed by atoms with Gasteiger partial charge in [0.25, 0.3) is 0 Å². The molecule has 4 nitrogen and oxygen atoms in total. The molecule has 0 spiro atoms. The Labute approximate surface area is 127 Å². The highest BCUT2D eigenvalue weighted by atomic mass is 35.5. The van der Waals surface area contributed by atoms with E-state index in [-0.39, 0.29) is 29.7 Å². The molecule has 0 aliphatic carbocycles. The molecule has 20 heavy (non-hydrogen) atoms. The van der Waals surface area contributed by atoms with Crippen molar-refractivity contribution >= 4 is 29.1 Å². The third-order valence-electron chi connectivity index (χ3n) is 4.26. The number of nitrogens with zero attached hydrogens (tertiary/aromatic N) is 1. The lowest BCUT2D eigenvalue weighted by molar-refractivity contribution is -0.135. The zero-order chi connectivity index (χ0) is 14.4. The second-order valence-electron chi connectivity index (χ2n) is 5.63. The van der Waals surface area contributed by atoms with Crippen molar-refractivity contribution in [1.82, 2.24) is 4.90 Å². The van der Waals surface area contributed by atoms with Gasteiger partial charge in [-0.15, -0.1) is 0 Å². The number of hydrogen-bond acceptors (Lipinski definition) is 3. The molecule has 3 atom stereocenters. The summed E-state index contributed by atoms with van der Waals surface area (Å²) in [4.78, 5) is 13.9. The fraction of sp³-hybridized carbons (Fsp3) is 0.500. The average molecular weight is 315 g/mol. The highest BCUT2D eigenvalue weighted by Crippen LogP contribution is 2.44. The summed E-state index contributed by atoms with van der Waals surface area (Å²) >= 11 is 12.2. The maximum Gasteiger partial charge on any atom is 0.224 e. The van der Waals surface area contributed by atoms with Gasteiger partial charge in [0.1, 0.15) is 5.75 Å². The van der Waals surface area contributed by atoms with Gasteiger partial charge in [0.05, 0.1) is 10.0 Å². The van der Waals surface area contributed by atoms with E-state index in [0.717, 1.165) is 12.8 Å². The van der Waals surface area contributed by atoms with E-state index in [1.165, 1.54) is 0 Å². The van der Waals surface area contributed by atoms with E-state index in [1.54, 1.807) is 12.1 Å². The first-order valence-corrected chi connectivity index (χ1v) is 7.45. The fourth-order valence-electron chi connectivity index (χ4n) is 3.37. The predicted molar refractivity (Wildman–Crippen MR) is 78.2 cm³/mol. The normalized spacial score (nSPS) is 29.6. The van der Waals surface area contributed by atoms with Gasteiger partial charge in [0.2, 0.25) is 5.91 Å². The molecule has 2 heterocycles. The van der Waals surface area contributed by atoms with Crippen LogP contribution in [-0.2, 0) is 4.79 Å². The van der Waals surface area contributed by atoms with Crippen molar-refractivity contribution in [2.24, 2.45) is 5.73 Å². The summed E-state index contributed by atoms with van der Waals surface area (Å²) in [6.45, 7) is 0.573. The van der Waals surface area contributed by atoms with E-state index in [2.05, 4.69) is 0 Å². The van der Waals surface area contributed by atoms with Crippen molar-refractivity contribution in [2.75, 3.05) is 6.54 Å². The SMILES string of the molecule is NC1CC(=O)N2C[C@@H](c3c(O)ccc(Cl)c3Cl)C[C@H]2C1. The van der Waals surface area contributed by atoms with Gasteiger partial charge in [-0.2, -0.15) is 0 Å². The van der Waals surface area contributed by atoms with Crippen molar-refractivity contribution in [3.63, 3.8) is 0 Å². The highest BCUT2D eigenvalue weighted by molar-refractivity contribution is 6.42. The lowest BCUT2D eigenvalue weighted by atomic mass is 9.92. The molecule has 2 saturated heterocycles. The third kappa shape index (κ3) is 2.26. The molecule has 0 aromatic heterocycles. The van der Waals surface area contributed by atoms with Crippen LogP contribution >= 0.6 is 23.2 Å². The molecule has 1 amide bonds. The van der Waals surface area contributed by atoms with Crippen LogP contribution in [0.2, 0.25) is 10.0 Å². The minimum absolute atomic E-state index is 0.0143. The van der Waals surface area contributed by atoms with Crippen molar-refractivity contribution in [2.45, 2.75) is 37.3 Å². The van der Waals surface area contributed by atoms with Gasteiger partial charge in [-0.1, -0.05) is 23.2 Å². The standard InChI is InChI=1S/C14H16Cl2N2O2/c15-10-1-2-11(19)13(14(10)16)7-3-9-4-8(17)5-12(20)18(9)6-7/h1-2,7-9,19H,3-6,17H2/t7-,8?,9-/m0/s1. The molecule has 1 aromatic carbocycles. The first kappa shape index (κ1) is 14.0. The number of carbonyl (C=O) groups is 1. The average Bonchev–Trinajstić information content (AvgIpc) is 2.78. The number of phenolic OH excluding ortho intramolecular Hbond substituents is 1. The maximum absolute atomic E-state index is 12.0. The number of carbonyl (C=O) groups excluding carboxylic acids is 1. The molecule has 0 saturated carbocycles. The summed E-state index contributed by atoms with van der Waals surface area (Å²) in [7, 11) is 0. The van der Waals surface area contributed by atoms with Crippen LogP contribution in [0.3, 0.4) is 0 Å². The minimum Gasteiger partial charge on any atom is -0.508 e. The Kier molecular flexibility index (Phi) is 3.56. The number of rotatable bonds is 1. The summed E-state index contributed by atoms with van der Waals surface area (Å²) in [5.41, 5.74) is 6.55. The Morgan fingerprint density at radius 1 is 1.30 bits per heavy atom. The zero-order valence-corrected chi connectivity index (χ0v) is 12.4. The lowest BCUT2D eigenvalue weighted by Gasteiger charge is -2.32. The summed E-state index contributed by atoms with van der Waals surface area (Å²) in [5, 5.41) is 10.9. The summed E-state index contributed by atoms with van der Waals surface area (Å²) in [6.07, 6.45) is 1.98. The van der Waals surface area contributed by atoms with Crippen LogP contribution in [0.5, 0.6) is 5.75 Å². The van der Waals surface area contributed by atoms with E-state index in [4.69, 9.17) is 28.9 Å². The Bertz CT molecular complexity index is 564. The van der Waals surface area contributed by atoms with Crippen molar-refractivity contribution in [1.29, 1.82) is 0 Å². The van der Waals surface area contributed by atoms with Crippen LogP contribution in [0, 0.1) is 0 Å². The molecule has 3 N–H and O–H groups in total. The quantitative estimate of drug-likeness (QED) is 0.837. The van der Waals surface area contributed by atoms with E-state index in [0.29, 0.717) is 28.6 Å². The van der Waals surface area contributed by atoms with Crippen LogP contribution in [0.25, 0.3) is 0 Å². The summed E-state index contributed by atoms with van der Waals surface area (Å²) in [6, 6.07) is 3.21. The van der Waals surface area contributed by atoms with Crippen molar-refractivity contribution in [3.8, 4) is 5.75 Å². The minimum atomic E-state index is -0.0640. The number of hydrogen-bond donors (Lipinski definition) is 2. The van der Waals surface area contributed by atoms with Gasteiger partial charge in [-0.05, 0) is 25.0 Å². The van der Waals surface area contributed by atoms with Crippen LogP contribution in [-0.4, -0.2) is 34.5 Å². The second-order valence-corrected chi connectivity index (χ2v) is 6.41. The molecule has 1 aromatic rings. The Hall–Kier alpha value is -0.970. The molecule has 2 fully saturated rings. The zero-order valence-electron chi connectivity index (χ0n) is 10.9. The second kappa shape index (κ2) is 5.10. The molecular formula is C14H16Cl2N2O2. The lowest BCUT2D eigenvalue weighted by Crippen LogP contribution is -2.47. The Balaban J connectivity index is 1.91. The smallest absolute Gasteiger partial charge is 0.224 e. The van der Waals surface area contributed by atoms with Crippen molar-refractivity contribution < 1.29 is 9.90 Å². The van der Waals surface area contributed by atoms with Crippen LogP contribution in [0.4, 0.5) is 0 Å². The summed E-state index contributed by atoms with van der Waals surface area (Å²) in [5.74, 6) is 0.246. The van der Waals surface area contributed by atoms with Crippen LogP contribution in [0.1, 0.15) is 30.7 Å². The molecule has 6 heteroatoms. The van der Waals surface area contributed by atoms with E-state index in [9.17, 15) is 9.90 Å².